The molecule has 1 atom stereocenters. The topological polar surface area (TPSA) is 21.3 Å². The lowest BCUT2D eigenvalue weighted by atomic mass is 10.1. The number of benzene rings is 1. The molecule has 0 aliphatic rings. The Morgan fingerprint density at radius 3 is 2.10 bits per heavy atom. The van der Waals surface area contributed by atoms with E-state index in [4.69, 9.17) is 0 Å². The van der Waals surface area contributed by atoms with Crippen molar-refractivity contribution in [3.63, 3.8) is 0 Å². The minimum absolute atomic E-state index is 0.122. The largest absolute Gasteiger partial charge is 0.423 e. The number of ether oxygens (including phenoxy) is 1. The van der Waals surface area contributed by atoms with Gasteiger partial charge >= 0.3 is 12.4 Å². The Morgan fingerprint density at radius 1 is 1.10 bits per heavy atom. The van der Waals surface area contributed by atoms with Gasteiger partial charge in [-0.3, -0.25) is 0 Å². The Bertz CT molecular complexity index is 444. The molecule has 1 aromatic rings. The van der Waals surface area contributed by atoms with E-state index in [1.54, 1.807) is 0 Å². The third kappa shape index (κ3) is 5.16. The summed E-state index contributed by atoms with van der Waals surface area (Å²) in [5.74, 6) is -0.784. The van der Waals surface area contributed by atoms with E-state index in [1.165, 1.54) is 19.2 Å². The fraction of sp³-hybridized carbons (Fsp3) is 0.500. The Kier molecular flexibility index (Phi) is 5.57. The fourth-order valence-electron chi connectivity index (χ4n) is 1.64. The average molecular weight is 319 g/mol. The van der Waals surface area contributed by atoms with Gasteiger partial charge in [-0.1, -0.05) is 12.1 Å². The Labute approximate surface area is 115 Å². The van der Waals surface area contributed by atoms with Crippen LogP contribution in [0.2, 0.25) is 0 Å². The highest BCUT2D eigenvalue weighted by molar-refractivity contribution is 5.19. The van der Waals surface area contributed by atoms with Crippen LogP contribution < -0.4 is 5.32 Å². The minimum Gasteiger partial charge on any atom is -0.351 e. The van der Waals surface area contributed by atoms with Crippen molar-refractivity contribution in [2.75, 3.05) is 13.6 Å². The van der Waals surface area contributed by atoms with Crippen LogP contribution in [0.25, 0.3) is 0 Å². The maximum absolute atomic E-state index is 13.1. The molecule has 0 saturated carbocycles. The van der Waals surface area contributed by atoms with Crippen molar-refractivity contribution < 1.29 is 35.5 Å². The van der Waals surface area contributed by atoms with Gasteiger partial charge in [-0.2, -0.15) is 26.3 Å². The van der Waals surface area contributed by atoms with Gasteiger partial charge in [0, 0.05) is 6.54 Å². The predicted molar refractivity (Wildman–Crippen MR) is 60.1 cm³/mol. The predicted octanol–water partition coefficient (Wildman–Crippen LogP) is 3.60. The molecule has 2 nitrogen and oxygen atoms in total. The summed E-state index contributed by atoms with van der Waals surface area (Å²) in [4.78, 5) is 0. The molecule has 0 bridgehead atoms. The van der Waals surface area contributed by atoms with Crippen LogP contribution in [0.5, 0.6) is 0 Å². The maximum Gasteiger partial charge on any atom is 0.423 e. The molecule has 0 aliphatic carbocycles. The molecule has 1 rings (SSSR count). The van der Waals surface area contributed by atoms with Gasteiger partial charge in [0.05, 0.1) is 6.10 Å². The van der Waals surface area contributed by atoms with E-state index in [2.05, 4.69) is 10.1 Å². The molecule has 0 radical (unpaired) electrons. The number of nitrogens with one attached hydrogen (secondary N) is 1. The van der Waals surface area contributed by atoms with E-state index >= 15 is 0 Å². The summed E-state index contributed by atoms with van der Waals surface area (Å²) < 4.78 is 92.1. The van der Waals surface area contributed by atoms with Crippen molar-refractivity contribution in [3.05, 3.63) is 35.6 Å². The molecule has 0 saturated heterocycles. The summed E-state index contributed by atoms with van der Waals surface area (Å²) >= 11 is 0. The molecule has 1 unspecified atom stereocenters. The Balaban J connectivity index is 3.06. The molecule has 0 spiro atoms. The van der Waals surface area contributed by atoms with Crippen molar-refractivity contribution in [2.24, 2.45) is 0 Å². The molecule has 0 aliphatic heterocycles. The van der Waals surface area contributed by atoms with Crippen LogP contribution in [-0.4, -0.2) is 32.0 Å². The van der Waals surface area contributed by atoms with Crippen molar-refractivity contribution in [2.45, 2.75) is 24.6 Å². The van der Waals surface area contributed by atoms with Gasteiger partial charge in [0.1, 0.15) is 5.82 Å². The highest BCUT2D eigenvalue weighted by Gasteiger charge is 2.58. The van der Waals surface area contributed by atoms with E-state index < -0.39 is 30.4 Å². The van der Waals surface area contributed by atoms with Gasteiger partial charge in [-0.25, -0.2) is 4.39 Å². The third-order valence-corrected chi connectivity index (χ3v) is 2.50. The van der Waals surface area contributed by atoms with Crippen LogP contribution in [-0.2, 0) is 4.74 Å². The quantitative estimate of drug-likeness (QED) is 0.838. The van der Waals surface area contributed by atoms with E-state index in [-0.39, 0.29) is 12.1 Å². The first-order valence-electron chi connectivity index (χ1n) is 5.74. The van der Waals surface area contributed by atoms with Crippen LogP contribution in [0.3, 0.4) is 0 Å². The second-order valence-electron chi connectivity index (χ2n) is 4.20. The minimum atomic E-state index is -5.61. The molecule has 1 N–H and O–H groups in total. The lowest BCUT2D eigenvalue weighted by molar-refractivity contribution is -0.331. The number of rotatable bonds is 5. The van der Waals surface area contributed by atoms with Crippen molar-refractivity contribution in [1.82, 2.24) is 5.32 Å². The van der Waals surface area contributed by atoms with Crippen molar-refractivity contribution >= 4 is 0 Å². The third-order valence-electron chi connectivity index (χ3n) is 2.50. The zero-order chi connectivity index (χ0) is 16.3. The summed E-state index contributed by atoms with van der Waals surface area (Å²) in [5.41, 5.74) is -0.122. The first kappa shape index (κ1) is 17.7. The summed E-state index contributed by atoms with van der Waals surface area (Å²) in [6, 6.07) is 4.21. The molecule has 9 heteroatoms. The van der Waals surface area contributed by atoms with Gasteiger partial charge in [0.2, 0.25) is 6.10 Å². The van der Waals surface area contributed by atoms with Gasteiger partial charge in [-0.15, -0.1) is 0 Å². The Hall–Kier alpha value is -1.35. The Morgan fingerprint density at radius 2 is 1.67 bits per heavy atom. The highest BCUT2D eigenvalue weighted by Crippen LogP contribution is 2.38. The van der Waals surface area contributed by atoms with Crippen LogP contribution in [0.4, 0.5) is 30.7 Å². The molecule has 21 heavy (non-hydrogen) atoms. The summed E-state index contributed by atoms with van der Waals surface area (Å²) in [6.45, 7) is -0.341. The first-order valence-corrected chi connectivity index (χ1v) is 5.74. The zero-order valence-corrected chi connectivity index (χ0v) is 10.7. The monoisotopic (exact) mass is 319 g/mol. The van der Waals surface area contributed by atoms with E-state index in [1.807, 2.05) is 0 Å². The van der Waals surface area contributed by atoms with Crippen molar-refractivity contribution in [1.29, 1.82) is 0 Å². The zero-order valence-electron chi connectivity index (χ0n) is 10.7. The van der Waals surface area contributed by atoms with Gasteiger partial charge in [0.25, 0.3) is 0 Å². The molecule has 0 amide bonds. The fourth-order valence-corrected chi connectivity index (χ4v) is 1.64. The van der Waals surface area contributed by atoms with Gasteiger partial charge in [0.15, 0.2) is 0 Å². The van der Waals surface area contributed by atoms with E-state index in [0.29, 0.717) is 0 Å². The molecular formula is C12H12F7NO. The summed E-state index contributed by atoms with van der Waals surface area (Å²) in [5, 5.41) is 2.41. The van der Waals surface area contributed by atoms with E-state index in [9.17, 15) is 30.7 Å². The van der Waals surface area contributed by atoms with Crippen molar-refractivity contribution in [3.8, 4) is 0 Å². The molecule has 1 aromatic carbocycles. The molecule has 0 fully saturated rings. The second kappa shape index (κ2) is 6.61. The van der Waals surface area contributed by atoms with E-state index in [0.717, 1.165) is 12.1 Å². The second-order valence-corrected chi connectivity index (χ2v) is 4.20. The first-order chi connectivity index (χ1) is 9.55. The SMILES string of the molecule is CNCC(OC(C(F)(F)F)C(F)(F)F)c1cccc(F)c1. The number of hydrogen-bond donors (Lipinski definition) is 1. The summed E-state index contributed by atoms with van der Waals surface area (Å²) in [6.07, 6.45) is -16.8. The number of hydrogen-bond acceptors (Lipinski definition) is 2. The van der Waals surface area contributed by atoms with Gasteiger partial charge in [-0.05, 0) is 24.7 Å². The maximum atomic E-state index is 13.1. The smallest absolute Gasteiger partial charge is 0.351 e. The van der Waals surface area contributed by atoms with Crippen LogP contribution >= 0.6 is 0 Å². The van der Waals surface area contributed by atoms with Crippen LogP contribution in [0.1, 0.15) is 11.7 Å². The summed E-state index contributed by atoms with van der Waals surface area (Å²) in [7, 11) is 1.33. The van der Waals surface area contributed by atoms with Gasteiger partial charge < -0.3 is 10.1 Å². The molecular weight excluding hydrogens is 307 g/mol. The van der Waals surface area contributed by atoms with Crippen LogP contribution in [0.15, 0.2) is 24.3 Å². The lowest BCUT2D eigenvalue weighted by Crippen LogP contribution is -2.46. The average Bonchev–Trinajstić information content (AvgIpc) is 2.31. The standard InChI is InChI=1S/C12H12F7NO/c1-20-6-9(7-3-2-4-8(13)5-7)21-10(11(14,15)16)12(17,18)19/h2-5,9-10,20H,6H2,1H3. The highest BCUT2D eigenvalue weighted by atomic mass is 19.4. The number of alkyl halides is 6. The van der Waals surface area contributed by atoms with Crippen LogP contribution in [0, 0.1) is 5.82 Å². The number of likely N-dealkylation sites (N-methyl/N-ethyl adjacent to an activating group) is 1. The normalized spacial score (nSPS) is 14.5. The molecule has 0 aromatic heterocycles. The molecule has 0 heterocycles. The molecule has 120 valence electrons. The number of halogens is 7. The lowest BCUT2D eigenvalue weighted by Gasteiger charge is -2.28.